The molecule has 5 heteroatoms. The van der Waals surface area contributed by atoms with Gasteiger partial charge >= 0.3 is 0 Å². The highest BCUT2D eigenvalue weighted by molar-refractivity contribution is 5.96. The van der Waals surface area contributed by atoms with E-state index in [0.29, 0.717) is 29.5 Å². The van der Waals surface area contributed by atoms with Gasteiger partial charge in [-0.15, -0.1) is 0 Å². The van der Waals surface area contributed by atoms with Gasteiger partial charge in [-0.05, 0) is 38.1 Å². The molecule has 0 saturated heterocycles. The largest absolute Gasteiger partial charge is 0.492 e. The van der Waals surface area contributed by atoms with Crippen LogP contribution < -0.4 is 19.5 Å². The summed E-state index contributed by atoms with van der Waals surface area (Å²) in [5.41, 5.74) is 0.619. The molecule has 2 atom stereocenters. The van der Waals surface area contributed by atoms with Crippen LogP contribution in [0.25, 0.3) is 0 Å². The van der Waals surface area contributed by atoms with Crippen molar-refractivity contribution in [2.45, 2.75) is 26.1 Å². The number of anilines is 1. The van der Waals surface area contributed by atoms with E-state index in [9.17, 15) is 4.79 Å². The monoisotopic (exact) mass is 313 g/mol. The molecule has 0 unspecified atom stereocenters. The fourth-order valence-electron chi connectivity index (χ4n) is 2.46. The van der Waals surface area contributed by atoms with Crippen molar-refractivity contribution >= 4 is 11.6 Å². The Morgan fingerprint density at radius 3 is 2.48 bits per heavy atom. The number of carbonyl (C=O) groups is 1. The first kappa shape index (κ1) is 15.2. The molecule has 1 amide bonds. The normalized spacial score (nSPS) is 19.0. The minimum atomic E-state index is -0.723. The van der Waals surface area contributed by atoms with E-state index >= 15 is 0 Å². The second-order valence-electron chi connectivity index (χ2n) is 5.23. The molecule has 1 aliphatic rings. The minimum absolute atomic E-state index is 0.265. The molecular formula is C18H19NO4. The average molecular weight is 313 g/mol. The number of fused-ring (bicyclic) bond motifs is 1. The third kappa shape index (κ3) is 3.23. The lowest BCUT2D eigenvalue weighted by molar-refractivity contribution is -0.128. The van der Waals surface area contributed by atoms with Gasteiger partial charge in [-0.1, -0.05) is 24.3 Å². The molecule has 0 aliphatic carbocycles. The maximum atomic E-state index is 12.6. The van der Waals surface area contributed by atoms with Crippen LogP contribution in [0.15, 0.2) is 48.5 Å². The highest BCUT2D eigenvalue weighted by Crippen LogP contribution is 2.34. The van der Waals surface area contributed by atoms with Gasteiger partial charge in [0.15, 0.2) is 11.5 Å². The molecule has 2 aromatic carbocycles. The Labute approximate surface area is 135 Å². The van der Waals surface area contributed by atoms with Crippen molar-refractivity contribution in [3.05, 3.63) is 48.5 Å². The maximum absolute atomic E-state index is 12.6. The molecule has 3 rings (SSSR count). The number of carbonyl (C=O) groups excluding carboxylic acids is 1. The summed E-state index contributed by atoms with van der Waals surface area (Å²) in [6.07, 6.45) is -1.11. The molecule has 1 heterocycles. The van der Waals surface area contributed by atoms with Crippen molar-refractivity contribution < 1.29 is 19.0 Å². The molecule has 1 N–H and O–H groups in total. The molecule has 0 bridgehead atoms. The van der Waals surface area contributed by atoms with Gasteiger partial charge in [-0.3, -0.25) is 4.79 Å². The number of hydrogen-bond acceptors (Lipinski definition) is 4. The quantitative estimate of drug-likeness (QED) is 0.941. The number of hydrogen-bond donors (Lipinski definition) is 1. The van der Waals surface area contributed by atoms with Gasteiger partial charge in [0.25, 0.3) is 5.91 Å². The predicted molar refractivity (Wildman–Crippen MR) is 87.2 cm³/mol. The molecule has 120 valence electrons. The highest BCUT2D eigenvalue weighted by atomic mass is 16.6. The second kappa shape index (κ2) is 6.60. The van der Waals surface area contributed by atoms with Gasteiger partial charge < -0.3 is 19.5 Å². The van der Waals surface area contributed by atoms with Gasteiger partial charge in [0.2, 0.25) is 6.10 Å². The summed E-state index contributed by atoms with van der Waals surface area (Å²) in [5, 5.41) is 2.86. The molecule has 0 saturated carbocycles. The fraction of sp³-hybridized carbons (Fsp3) is 0.278. The van der Waals surface area contributed by atoms with E-state index < -0.39 is 6.10 Å². The summed E-state index contributed by atoms with van der Waals surface area (Å²) in [5.74, 6) is 1.59. The third-order valence-electron chi connectivity index (χ3n) is 3.55. The molecule has 1 aliphatic heterocycles. The first-order valence-electron chi connectivity index (χ1n) is 7.64. The van der Waals surface area contributed by atoms with E-state index in [4.69, 9.17) is 14.2 Å². The van der Waals surface area contributed by atoms with Crippen molar-refractivity contribution in [3.8, 4) is 17.2 Å². The molecule has 0 fully saturated rings. The number of amides is 1. The maximum Gasteiger partial charge on any atom is 0.269 e. The number of benzene rings is 2. The zero-order valence-electron chi connectivity index (χ0n) is 13.1. The molecule has 2 aromatic rings. The van der Waals surface area contributed by atoms with Gasteiger partial charge in [0.05, 0.1) is 12.3 Å². The number of ether oxygens (including phenoxy) is 3. The lowest BCUT2D eigenvalue weighted by Crippen LogP contribution is -2.46. The van der Waals surface area contributed by atoms with E-state index in [1.165, 1.54) is 0 Å². The van der Waals surface area contributed by atoms with Crippen LogP contribution in [0.5, 0.6) is 17.2 Å². The second-order valence-corrected chi connectivity index (χ2v) is 5.23. The average Bonchev–Trinajstić information content (AvgIpc) is 2.56. The summed E-state index contributed by atoms with van der Waals surface area (Å²) < 4.78 is 17.1. The lowest BCUT2D eigenvalue weighted by atomic mass is 10.1. The van der Waals surface area contributed by atoms with Crippen LogP contribution in [0.3, 0.4) is 0 Å². The number of para-hydroxylation sites is 4. The van der Waals surface area contributed by atoms with E-state index in [1.807, 2.05) is 50.2 Å². The Morgan fingerprint density at radius 1 is 1.09 bits per heavy atom. The Hall–Kier alpha value is -2.69. The minimum Gasteiger partial charge on any atom is -0.492 e. The summed E-state index contributed by atoms with van der Waals surface area (Å²) >= 11 is 0. The topological polar surface area (TPSA) is 56.8 Å². The van der Waals surface area contributed by atoms with E-state index in [0.717, 1.165) is 0 Å². The van der Waals surface area contributed by atoms with E-state index in [-0.39, 0.29) is 12.0 Å². The van der Waals surface area contributed by atoms with Crippen LogP contribution in [0.1, 0.15) is 13.8 Å². The Kier molecular flexibility index (Phi) is 4.37. The van der Waals surface area contributed by atoms with Crippen LogP contribution in [-0.2, 0) is 4.79 Å². The predicted octanol–water partition coefficient (Wildman–Crippen LogP) is 3.25. The van der Waals surface area contributed by atoms with Gasteiger partial charge in [-0.25, -0.2) is 0 Å². The van der Waals surface area contributed by atoms with E-state index in [1.54, 1.807) is 12.1 Å². The molecule has 23 heavy (non-hydrogen) atoms. The number of rotatable bonds is 4. The van der Waals surface area contributed by atoms with Crippen molar-refractivity contribution in [3.63, 3.8) is 0 Å². The summed E-state index contributed by atoms with van der Waals surface area (Å²) in [6, 6.07) is 14.6. The zero-order valence-corrected chi connectivity index (χ0v) is 13.1. The first-order chi connectivity index (χ1) is 11.2. The van der Waals surface area contributed by atoms with E-state index in [2.05, 4.69) is 5.32 Å². The van der Waals surface area contributed by atoms with Crippen LogP contribution in [0, 0.1) is 0 Å². The Balaban J connectivity index is 1.76. The van der Waals surface area contributed by atoms with Crippen molar-refractivity contribution in [2.24, 2.45) is 0 Å². The molecule has 0 aromatic heterocycles. The van der Waals surface area contributed by atoms with Crippen molar-refractivity contribution in [1.29, 1.82) is 0 Å². The standard InChI is InChI=1S/C18H19NO4/c1-3-21-14-9-5-4-8-13(14)19-18(20)17-12(2)22-15-10-6-7-11-16(15)23-17/h4-12,17H,3H2,1-2H3,(H,19,20)/t12-,17-/m1/s1. The Morgan fingerprint density at radius 2 is 1.74 bits per heavy atom. The third-order valence-corrected chi connectivity index (χ3v) is 3.55. The summed E-state index contributed by atoms with van der Waals surface area (Å²) in [7, 11) is 0. The van der Waals surface area contributed by atoms with Crippen LogP contribution in [0.4, 0.5) is 5.69 Å². The summed E-state index contributed by atoms with van der Waals surface area (Å²) in [6.45, 7) is 4.24. The number of nitrogens with one attached hydrogen (secondary N) is 1. The zero-order chi connectivity index (χ0) is 16.2. The van der Waals surface area contributed by atoms with Crippen LogP contribution in [-0.4, -0.2) is 24.7 Å². The van der Waals surface area contributed by atoms with Crippen molar-refractivity contribution in [2.75, 3.05) is 11.9 Å². The van der Waals surface area contributed by atoms with Gasteiger partial charge in [0, 0.05) is 0 Å². The SMILES string of the molecule is CCOc1ccccc1NC(=O)[C@@H]1Oc2ccccc2O[C@@H]1C. The Bertz CT molecular complexity index is 701. The fourth-order valence-corrected chi connectivity index (χ4v) is 2.46. The van der Waals surface area contributed by atoms with Gasteiger partial charge in [-0.2, -0.15) is 0 Å². The molecule has 5 nitrogen and oxygen atoms in total. The first-order valence-corrected chi connectivity index (χ1v) is 7.64. The van der Waals surface area contributed by atoms with Crippen molar-refractivity contribution in [1.82, 2.24) is 0 Å². The highest BCUT2D eigenvalue weighted by Gasteiger charge is 2.34. The smallest absolute Gasteiger partial charge is 0.269 e. The summed E-state index contributed by atoms with van der Waals surface area (Å²) in [4.78, 5) is 12.6. The van der Waals surface area contributed by atoms with Crippen LogP contribution in [0.2, 0.25) is 0 Å². The lowest BCUT2D eigenvalue weighted by Gasteiger charge is -2.31. The molecule has 0 radical (unpaired) electrons. The molecular weight excluding hydrogens is 294 g/mol. The van der Waals surface area contributed by atoms with Crippen LogP contribution >= 0.6 is 0 Å². The molecule has 0 spiro atoms. The van der Waals surface area contributed by atoms with Gasteiger partial charge in [0.1, 0.15) is 11.9 Å².